The summed E-state index contributed by atoms with van der Waals surface area (Å²) < 4.78 is 129. The van der Waals surface area contributed by atoms with Crippen LogP contribution in [0.5, 0.6) is 0 Å². The Bertz CT molecular complexity index is 1130. The van der Waals surface area contributed by atoms with Crippen LogP contribution in [0.4, 0.5) is 0 Å². The molecule has 2 aliphatic heterocycles. The van der Waals surface area contributed by atoms with Gasteiger partial charge in [-0.25, -0.2) is 13.2 Å². The molecule has 2 saturated heterocycles. The summed E-state index contributed by atoms with van der Waals surface area (Å²) in [4.78, 5) is 12.0. The lowest BCUT2D eigenvalue weighted by molar-refractivity contribution is -0.277. The van der Waals surface area contributed by atoms with Gasteiger partial charge in [0.05, 0.1) is 24.9 Å². The summed E-state index contributed by atoms with van der Waals surface area (Å²) in [5.41, 5.74) is 0. The van der Waals surface area contributed by atoms with Crippen LogP contribution in [0.3, 0.4) is 0 Å². The standard InChI is InChI=1S/C18H33NO17S3/c1-3-10-7-11(19-37(22,23)24)18(35-15(10)9-32-38(25,26)27)34-14-8-13(36-39(28,29)30)12(5-6-31-4-2)33-16(14)17(20)21/h10-16,18-19H,3-9H2,1-2H3,(H,20,21)(H,22,23,24)(H,25,26,27)(H,28,29,30)/t10-,11?,12+,13?,14-,15?,16?,18-/m1/s1. The number of nitrogens with one attached hydrogen (secondary N) is 1. The van der Waals surface area contributed by atoms with E-state index in [4.69, 9.17) is 23.5 Å². The highest BCUT2D eigenvalue weighted by molar-refractivity contribution is 7.83. The Kier molecular flexibility index (Phi) is 12.4. The molecule has 5 N–H and O–H groups in total. The SMILES string of the molecule is CCOCC[C@@H]1OC(C(=O)O)[C@H](O[C@@H]2OC(COS(=O)(=O)O)[C@H](CC)CC2NS(=O)(=O)O)CC1OS(=O)(=O)O. The van der Waals surface area contributed by atoms with Crippen molar-refractivity contribution in [1.29, 1.82) is 0 Å². The first-order valence-electron chi connectivity index (χ1n) is 11.7. The van der Waals surface area contributed by atoms with Crippen LogP contribution in [0.25, 0.3) is 0 Å². The Hall–Kier alpha value is -1.08. The first-order valence-corrected chi connectivity index (χ1v) is 15.9. The molecule has 2 heterocycles. The highest BCUT2D eigenvalue weighted by Gasteiger charge is 2.48. The highest BCUT2D eigenvalue weighted by atomic mass is 32.3. The largest absolute Gasteiger partial charge is 0.479 e. The quantitative estimate of drug-likeness (QED) is 0.106. The van der Waals surface area contributed by atoms with Gasteiger partial charge in [0.15, 0.2) is 12.4 Å². The van der Waals surface area contributed by atoms with Gasteiger partial charge in [-0.2, -0.15) is 30.0 Å². The van der Waals surface area contributed by atoms with Crippen molar-refractivity contribution in [3.63, 3.8) is 0 Å². The molecule has 230 valence electrons. The average molecular weight is 632 g/mol. The molecule has 0 aromatic heterocycles. The number of rotatable bonds is 15. The number of carbonyl (C=O) groups is 1. The minimum atomic E-state index is -5.03. The number of hydrogen-bond donors (Lipinski definition) is 5. The van der Waals surface area contributed by atoms with E-state index in [1.165, 1.54) is 0 Å². The third-order valence-electron chi connectivity index (χ3n) is 6.01. The third-order valence-corrected chi connectivity index (χ3v) is 7.54. The lowest BCUT2D eigenvalue weighted by atomic mass is 9.89. The number of carboxylic acids is 1. The molecule has 2 fully saturated rings. The predicted octanol–water partition coefficient (Wildman–Crippen LogP) is -1.05. The summed E-state index contributed by atoms with van der Waals surface area (Å²) in [6.07, 6.45) is -9.11. The van der Waals surface area contributed by atoms with E-state index in [1.807, 2.05) is 4.72 Å². The van der Waals surface area contributed by atoms with Gasteiger partial charge in [0.2, 0.25) is 0 Å². The molecule has 2 rings (SSSR count). The fourth-order valence-corrected chi connectivity index (χ4v) is 5.80. The maximum Gasteiger partial charge on any atom is 0.397 e. The monoisotopic (exact) mass is 631 g/mol. The molecule has 4 unspecified atom stereocenters. The molecule has 0 saturated carbocycles. The summed E-state index contributed by atoms with van der Waals surface area (Å²) in [5.74, 6) is -2.12. The minimum Gasteiger partial charge on any atom is -0.479 e. The summed E-state index contributed by atoms with van der Waals surface area (Å²) in [6.45, 7) is 2.97. The Morgan fingerprint density at radius 3 is 2.13 bits per heavy atom. The fourth-order valence-electron chi connectivity index (χ4n) is 4.39. The first kappa shape index (κ1) is 34.1. The van der Waals surface area contributed by atoms with Crippen LogP contribution >= 0.6 is 0 Å². The molecule has 18 nitrogen and oxygen atoms in total. The third kappa shape index (κ3) is 11.7. The van der Waals surface area contributed by atoms with Gasteiger partial charge in [0.25, 0.3) is 0 Å². The molecular weight excluding hydrogens is 598 g/mol. The van der Waals surface area contributed by atoms with E-state index in [2.05, 4.69) is 8.37 Å². The van der Waals surface area contributed by atoms with Crippen molar-refractivity contribution in [2.75, 3.05) is 19.8 Å². The maximum absolute atomic E-state index is 12.0. The van der Waals surface area contributed by atoms with Crippen molar-refractivity contribution in [2.24, 2.45) is 5.92 Å². The van der Waals surface area contributed by atoms with E-state index in [0.29, 0.717) is 13.0 Å². The van der Waals surface area contributed by atoms with Crippen molar-refractivity contribution in [1.82, 2.24) is 4.72 Å². The van der Waals surface area contributed by atoms with E-state index >= 15 is 0 Å². The van der Waals surface area contributed by atoms with Gasteiger partial charge in [0, 0.05) is 19.6 Å². The number of carboxylic acid groups (broad SMARTS) is 1. The van der Waals surface area contributed by atoms with E-state index in [1.54, 1.807) is 13.8 Å². The minimum absolute atomic E-state index is 0.0232. The van der Waals surface area contributed by atoms with Crippen molar-refractivity contribution in [3.8, 4) is 0 Å². The van der Waals surface area contributed by atoms with Gasteiger partial charge in [0.1, 0.15) is 12.2 Å². The molecule has 2 aliphatic rings. The first-order chi connectivity index (χ1) is 17.9. The highest BCUT2D eigenvalue weighted by Crippen LogP contribution is 2.34. The van der Waals surface area contributed by atoms with Crippen LogP contribution in [0.15, 0.2) is 0 Å². The molecule has 0 spiro atoms. The second-order valence-corrected chi connectivity index (χ2v) is 12.1. The lowest BCUT2D eigenvalue weighted by Crippen LogP contribution is -2.59. The number of ether oxygens (including phenoxy) is 4. The van der Waals surface area contributed by atoms with Gasteiger partial charge in [-0.3, -0.25) is 13.7 Å². The molecule has 0 amide bonds. The average Bonchev–Trinajstić information content (AvgIpc) is 2.77. The molecule has 0 aliphatic carbocycles. The second kappa shape index (κ2) is 14.2. The maximum atomic E-state index is 12.0. The summed E-state index contributed by atoms with van der Waals surface area (Å²) >= 11 is 0. The molecular formula is C18H33NO17S3. The van der Waals surface area contributed by atoms with Gasteiger partial charge in [-0.1, -0.05) is 13.3 Å². The van der Waals surface area contributed by atoms with Crippen LogP contribution in [-0.2, 0) is 63.2 Å². The van der Waals surface area contributed by atoms with E-state index in [-0.39, 0.29) is 19.4 Å². The fraction of sp³-hybridized carbons (Fsp3) is 0.944. The van der Waals surface area contributed by atoms with Crippen molar-refractivity contribution >= 4 is 37.1 Å². The van der Waals surface area contributed by atoms with Gasteiger partial charge < -0.3 is 24.1 Å². The van der Waals surface area contributed by atoms with E-state index < -0.39 is 98.9 Å². The molecule has 0 radical (unpaired) electrons. The molecule has 0 bridgehead atoms. The van der Waals surface area contributed by atoms with Crippen molar-refractivity contribution in [2.45, 2.75) is 82.4 Å². The number of hydrogen-bond acceptors (Lipinski definition) is 13. The predicted molar refractivity (Wildman–Crippen MR) is 126 cm³/mol. The summed E-state index contributed by atoms with van der Waals surface area (Å²) in [6, 6.07) is -1.34. The van der Waals surface area contributed by atoms with Crippen LogP contribution in [0, 0.1) is 5.92 Å². The normalized spacial score (nSPS) is 32.6. The zero-order valence-corrected chi connectivity index (χ0v) is 23.3. The lowest BCUT2D eigenvalue weighted by Gasteiger charge is -2.44. The number of aliphatic carboxylic acids is 1. The van der Waals surface area contributed by atoms with Gasteiger partial charge >= 0.3 is 37.1 Å². The smallest absolute Gasteiger partial charge is 0.397 e. The molecule has 39 heavy (non-hydrogen) atoms. The molecule has 0 aromatic rings. The van der Waals surface area contributed by atoms with Crippen molar-refractivity contribution < 1.29 is 76.1 Å². The van der Waals surface area contributed by atoms with Gasteiger partial charge in [-0.05, 0) is 25.7 Å². The van der Waals surface area contributed by atoms with E-state index in [0.717, 1.165) is 0 Å². The zero-order chi connectivity index (χ0) is 29.6. The summed E-state index contributed by atoms with van der Waals surface area (Å²) in [7, 11) is -14.8. The Morgan fingerprint density at radius 2 is 1.62 bits per heavy atom. The Balaban J connectivity index is 2.35. The van der Waals surface area contributed by atoms with E-state index in [9.17, 15) is 44.3 Å². The van der Waals surface area contributed by atoms with Crippen LogP contribution in [-0.4, -0.2) is 113 Å². The molecule has 21 heteroatoms. The van der Waals surface area contributed by atoms with Crippen molar-refractivity contribution in [3.05, 3.63) is 0 Å². The summed E-state index contributed by atoms with van der Waals surface area (Å²) in [5, 5.41) is 9.75. The van der Waals surface area contributed by atoms with Gasteiger partial charge in [-0.15, -0.1) is 0 Å². The zero-order valence-electron chi connectivity index (χ0n) is 20.9. The molecule has 8 atom stereocenters. The Morgan fingerprint density at radius 1 is 0.949 bits per heavy atom. The molecule has 0 aromatic carbocycles. The topological polar surface area (TPSA) is 268 Å². The second-order valence-electron chi connectivity index (χ2n) is 8.75. The van der Waals surface area contributed by atoms with Crippen LogP contribution in [0.2, 0.25) is 0 Å². The Labute approximate surface area is 226 Å². The van der Waals surface area contributed by atoms with Crippen LogP contribution < -0.4 is 4.72 Å². The van der Waals surface area contributed by atoms with Crippen LogP contribution in [0.1, 0.15) is 39.5 Å².